The Morgan fingerprint density at radius 2 is 2.04 bits per heavy atom. The van der Waals surface area contributed by atoms with Gasteiger partial charge in [0, 0.05) is 13.1 Å². The molecule has 0 bridgehead atoms. The summed E-state index contributed by atoms with van der Waals surface area (Å²) in [6.45, 7) is 8.95. The zero-order valence-corrected chi connectivity index (χ0v) is 15.0. The SMILES string of the molecule is CC(C)(C)OC(=O)N1CCCC(CNCCc2ccc(F)cc2)C1. The normalized spacial score (nSPS) is 18.5. The van der Waals surface area contributed by atoms with Crippen molar-refractivity contribution in [2.75, 3.05) is 26.2 Å². The number of likely N-dealkylation sites (tertiary alicyclic amines) is 1. The number of nitrogens with zero attached hydrogens (tertiary/aromatic N) is 1. The van der Waals surface area contributed by atoms with Gasteiger partial charge in [-0.1, -0.05) is 12.1 Å². The van der Waals surface area contributed by atoms with Crippen molar-refractivity contribution in [3.05, 3.63) is 35.6 Å². The summed E-state index contributed by atoms with van der Waals surface area (Å²) >= 11 is 0. The van der Waals surface area contributed by atoms with Crippen molar-refractivity contribution in [1.29, 1.82) is 0 Å². The highest BCUT2D eigenvalue weighted by Gasteiger charge is 2.27. The third kappa shape index (κ3) is 6.48. The highest BCUT2D eigenvalue weighted by atomic mass is 19.1. The van der Waals surface area contributed by atoms with Crippen LogP contribution in [0.15, 0.2) is 24.3 Å². The van der Waals surface area contributed by atoms with E-state index in [1.165, 1.54) is 12.1 Å². The van der Waals surface area contributed by atoms with Crippen LogP contribution in [0, 0.1) is 11.7 Å². The van der Waals surface area contributed by atoms with Gasteiger partial charge in [0.05, 0.1) is 0 Å². The Labute approximate surface area is 144 Å². The summed E-state index contributed by atoms with van der Waals surface area (Å²) in [6, 6.07) is 6.63. The van der Waals surface area contributed by atoms with Gasteiger partial charge in [0.25, 0.3) is 0 Å². The van der Waals surface area contributed by atoms with Crippen molar-refractivity contribution in [1.82, 2.24) is 10.2 Å². The van der Waals surface area contributed by atoms with E-state index in [2.05, 4.69) is 5.32 Å². The monoisotopic (exact) mass is 336 g/mol. The van der Waals surface area contributed by atoms with Crippen molar-refractivity contribution in [3.8, 4) is 0 Å². The maximum atomic E-state index is 12.9. The molecule has 134 valence electrons. The average molecular weight is 336 g/mol. The Hall–Kier alpha value is -1.62. The molecular formula is C19H29FN2O2. The van der Waals surface area contributed by atoms with Crippen LogP contribution in [0.5, 0.6) is 0 Å². The second kappa shape index (κ2) is 8.47. The summed E-state index contributed by atoms with van der Waals surface area (Å²) in [5.74, 6) is 0.260. The fourth-order valence-corrected chi connectivity index (χ4v) is 2.91. The standard InChI is InChI=1S/C19H29FN2O2/c1-19(2,3)24-18(23)22-12-4-5-16(14-22)13-21-11-10-15-6-8-17(20)9-7-15/h6-9,16,21H,4-5,10-14H2,1-3H3. The summed E-state index contributed by atoms with van der Waals surface area (Å²) in [7, 11) is 0. The molecule has 1 aromatic carbocycles. The van der Waals surface area contributed by atoms with Crippen LogP contribution in [0.3, 0.4) is 0 Å². The minimum Gasteiger partial charge on any atom is -0.444 e. The number of carbonyl (C=O) groups is 1. The zero-order chi connectivity index (χ0) is 17.6. The Bertz CT molecular complexity index is 525. The lowest BCUT2D eigenvalue weighted by Crippen LogP contribution is -2.45. The molecule has 0 radical (unpaired) electrons. The molecule has 1 aliphatic rings. The Morgan fingerprint density at radius 3 is 2.71 bits per heavy atom. The lowest BCUT2D eigenvalue weighted by molar-refractivity contribution is 0.0166. The van der Waals surface area contributed by atoms with Gasteiger partial charge in [0.15, 0.2) is 0 Å². The van der Waals surface area contributed by atoms with Crippen LogP contribution in [0.1, 0.15) is 39.2 Å². The largest absolute Gasteiger partial charge is 0.444 e. The van der Waals surface area contributed by atoms with Crippen LogP contribution in [0.2, 0.25) is 0 Å². The van der Waals surface area contributed by atoms with E-state index in [0.29, 0.717) is 5.92 Å². The smallest absolute Gasteiger partial charge is 0.410 e. The van der Waals surface area contributed by atoms with Crippen molar-refractivity contribution in [3.63, 3.8) is 0 Å². The number of benzene rings is 1. The zero-order valence-electron chi connectivity index (χ0n) is 15.0. The fraction of sp³-hybridized carbons (Fsp3) is 0.632. The first-order chi connectivity index (χ1) is 11.3. The van der Waals surface area contributed by atoms with E-state index < -0.39 is 5.60 Å². The lowest BCUT2D eigenvalue weighted by Gasteiger charge is -2.34. The minimum atomic E-state index is -0.447. The van der Waals surface area contributed by atoms with Gasteiger partial charge < -0.3 is 15.0 Å². The number of nitrogens with one attached hydrogen (secondary N) is 1. The van der Waals surface area contributed by atoms with Crippen LogP contribution >= 0.6 is 0 Å². The molecule has 2 rings (SSSR count). The molecule has 5 heteroatoms. The number of hydrogen-bond donors (Lipinski definition) is 1. The third-order valence-corrected chi connectivity index (χ3v) is 4.11. The first-order valence-electron chi connectivity index (χ1n) is 8.76. The summed E-state index contributed by atoms with van der Waals surface area (Å²) in [6.07, 6.45) is 2.81. The Kier molecular flexibility index (Phi) is 6.60. The van der Waals surface area contributed by atoms with Crippen LogP contribution in [-0.4, -0.2) is 42.8 Å². The predicted octanol–water partition coefficient (Wildman–Crippen LogP) is 3.60. The minimum absolute atomic E-state index is 0.198. The van der Waals surface area contributed by atoms with Gasteiger partial charge in [0.2, 0.25) is 0 Å². The molecule has 1 amide bonds. The highest BCUT2D eigenvalue weighted by molar-refractivity contribution is 5.68. The predicted molar refractivity (Wildman–Crippen MR) is 93.5 cm³/mol. The number of ether oxygens (including phenoxy) is 1. The van der Waals surface area contributed by atoms with Crippen LogP contribution < -0.4 is 5.32 Å². The van der Waals surface area contributed by atoms with Gasteiger partial charge >= 0.3 is 6.09 Å². The molecule has 24 heavy (non-hydrogen) atoms. The van der Waals surface area contributed by atoms with Crippen molar-refractivity contribution in [2.45, 2.75) is 45.6 Å². The average Bonchev–Trinajstić information content (AvgIpc) is 2.52. The van der Waals surface area contributed by atoms with Gasteiger partial charge in [-0.05, 0) is 76.7 Å². The van der Waals surface area contributed by atoms with E-state index >= 15 is 0 Å². The van der Waals surface area contributed by atoms with E-state index in [-0.39, 0.29) is 11.9 Å². The molecule has 1 aliphatic heterocycles. The molecular weight excluding hydrogens is 307 g/mol. The van der Waals surface area contributed by atoms with Gasteiger partial charge in [0.1, 0.15) is 11.4 Å². The van der Waals surface area contributed by atoms with E-state index in [1.54, 1.807) is 0 Å². The number of carbonyl (C=O) groups excluding carboxylic acids is 1. The number of halogens is 1. The van der Waals surface area contributed by atoms with E-state index in [0.717, 1.165) is 51.0 Å². The molecule has 1 fully saturated rings. The molecule has 0 spiro atoms. The van der Waals surface area contributed by atoms with Crippen LogP contribution in [-0.2, 0) is 11.2 Å². The summed E-state index contributed by atoms with van der Waals surface area (Å²) in [5, 5.41) is 3.45. The van der Waals surface area contributed by atoms with Gasteiger partial charge in [-0.2, -0.15) is 0 Å². The summed E-state index contributed by atoms with van der Waals surface area (Å²) in [5.41, 5.74) is 0.681. The maximum absolute atomic E-state index is 12.9. The topological polar surface area (TPSA) is 41.6 Å². The molecule has 0 aromatic heterocycles. The first-order valence-corrected chi connectivity index (χ1v) is 8.76. The van der Waals surface area contributed by atoms with Crippen molar-refractivity contribution < 1.29 is 13.9 Å². The number of hydrogen-bond acceptors (Lipinski definition) is 3. The molecule has 1 saturated heterocycles. The molecule has 0 saturated carbocycles. The lowest BCUT2D eigenvalue weighted by atomic mass is 9.98. The molecule has 1 aromatic rings. The molecule has 0 aliphatic carbocycles. The van der Waals surface area contributed by atoms with Crippen molar-refractivity contribution >= 4 is 6.09 Å². The molecule has 1 unspecified atom stereocenters. The number of rotatable bonds is 5. The number of amides is 1. The van der Waals surface area contributed by atoms with E-state index in [4.69, 9.17) is 4.74 Å². The Morgan fingerprint density at radius 1 is 1.33 bits per heavy atom. The van der Waals surface area contributed by atoms with Gasteiger partial charge in [-0.3, -0.25) is 0 Å². The summed E-state index contributed by atoms with van der Waals surface area (Å²) in [4.78, 5) is 14.0. The second-order valence-electron chi connectivity index (χ2n) is 7.52. The van der Waals surface area contributed by atoms with E-state index in [9.17, 15) is 9.18 Å². The van der Waals surface area contributed by atoms with Crippen molar-refractivity contribution in [2.24, 2.45) is 5.92 Å². The Balaban J connectivity index is 1.69. The summed E-state index contributed by atoms with van der Waals surface area (Å²) < 4.78 is 18.3. The molecule has 1 N–H and O–H groups in total. The molecule has 1 atom stereocenters. The molecule has 4 nitrogen and oxygen atoms in total. The fourth-order valence-electron chi connectivity index (χ4n) is 2.91. The molecule has 1 heterocycles. The highest BCUT2D eigenvalue weighted by Crippen LogP contribution is 2.18. The first kappa shape index (κ1) is 18.7. The van der Waals surface area contributed by atoms with Crippen LogP contribution in [0.25, 0.3) is 0 Å². The van der Waals surface area contributed by atoms with E-state index in [1.807, 2.05) is 37.8 Å². The third-order valence-electron chi connectivity index (χ3n) is 4.11. The van der Waals surface area contributed by atoms with Gasteiger partial charge in [-0.25, -0.2) is 9.18 Å². The number of piperidine rings is 1. The quantitative estimate of drug-likeness (QED) is 0.835. The second-order valence-corrected chi connectivity index (χ2v) is 7.52. The van der Waals surface area contributed by atoms with Gasteiger partial charge in [-0.15, -0.1) is 0 Å². The van der Waals surface area contributed by atoms with Crippen LogP contribution in [0.4, 0.5) is 9.18 Å². The maximum Gasteiger partial charge on any atom is 0.410 e.